The van der Waals surface area contributed by atoms with Crippen LogP contribution < -0.4 is 5.32 Å². The molecule has 1 heterocycles. The van der Waals surface area contributed by atoms with E-state index in [0.29, 0.717) is 6.54 Å². The fourth-order valence-electron chi connectivity index (χ4n) is 5.52. The summed E-state index contributed by atoms with van der Waals surface area (Å²) in [6, 6.07) is 0. The second-order valence-corrected chi connectivity index (χ2v) is 7.25. The van der Waals surface area contributed by atoms with Gasteiger partial charge in [0.05, 0.1) is 0 Å². The van der Waals surface area contributed by atoms with Crippen molar-refractivity contribution in [1.82, 2.24) is 14.9 Å². The van der Waals surface area contributed by atoms with Crippen molar-refractivity contribution in [2.45, 2.75) is 50.5 Å². The topological polar surface area (TPSA) is 46.9 Å². The zero-order chi connectivity index (χ0) is 13.7. The molecule has 4 heteroatoms. The third-order valence-electron chi connectivity index (χ3n) is 5.82. The van der Waals surface area contributed by atoms with Gasteiger partial charge in [0.25, 0.3) is 0 Å². The van der Waals surface area contributed by atoms with Crippen LogP contribution in [0, 0.1) is 17.8 Å². The molecule has 5 rings (SSSR count). The number of aromatic nitrogens is 2. The summed E-state index contributed by atoms with van der Waals surface area (Å²) in [5.74, 6) is 3.97. The monoisotopic (exact) mass is 273 g/mol. The highest BCUT2D eigenvalue weighted by Gasteiger charge is 2.53. The van der Waals surface area contributed by atoms with Crippen LogP contribution in [0.4, 0.5) is 0 Å². The summed E-state index contributed by atoms with van der Waals surface area (Å²) < 4.78 is 2.09. The summed E-state index contributed by atoms with van der Waals surface area (Å²) in [4.78, 5) is 16.4. The fraction of sp³-hybridized carbons (Fsp3) is 0.750. The van der Waals surface area contributed by atoms with Gasteiger partial charge in [-0.15, -0.1) is 0 Å². The molecule has 4 saturated carbocycles. The number of nitrogens with one attached hydrogen (secondary N) is 1. The normalized spacial score (nSPS) is 38.1. The molecule has 108 valence electrons. The molecular formula is C16H23N3O. The fourth-order valence-corrected chi connectivity index (χ4v) is 5.52. The van der Waals surface area contributed by atoms with Crippen molar-refractivity contribution in [3.05, 3.63) is 18.2 Å². The Kier molecular flexibility index (Phi) is 2.69. The quantitative estimate of drug-likeness (QED) is 0.916. The minimum absolute atomic E-state index is 0.0639. The van der Waals surface area contributed by atoms with Crippen molar-refractivity contribution >= 4 is 5.91 Å². The predicted molar refractivity (Wildman–Crippen MR) is 76.1 cm³/mol. The Hall–Kier alpha value is -1.32. The Morgan fingerprint density at radius 3 is 2.45 bits per heavy atom. The lowest BCUT2D eigenvalue weighted by molar-refractivity contribution is -0.121. The lowest BCUT2D eigenvalue weighted by atomic mass is 9.49. The number of imidazole rings is 1. The first-order valence-electron chi connectivity index (χ1n) is 7.91. The third kappa shape index (κ3) is 1.80. The van der Waals surface area contributed by atoms with Crippen molar-refractivity contribution in [3.8, 4) is 0 Å². The number of hydrogen-bond acceptors (Lipinski definition) is 2. The number of rotatable bonds is 3. The van der Waals surface area contributed by atoms with Crippen molar-refractivity contribution in [2.24, 2.45) is 17.8 Å². The van der Waals surface area contributed by atoms with E-state index in [4.69, 9.17) is 0 Å². The maximum absolute atomic E-state index is 11.7. The smallest absolute Gasteiger partial charge is 0.239 e. The van der Waals surface area contributed by atoms with Crippen molar-refractivity contribution in [2.75, 3.05) is 7.05 Å². The molecule has 0 spiro atoms. The van der Waals surface area contributed by atoms with Gasteiger partial charge in [0, 0.05) is 24.9 Å². The zero-order valence-electron chi connectivity index (χ0n) is 12.1. The summed E-state index contributed by atoms with van der Waals surface area (Å²) in [6.07, 6.45) is 12.1. The van der Waals surface area contributed by atoms with Crippen molar-refractivity contribution in [3.63, 3.8) is 0 Å². The van der Waals surface area contributed by atoms with Crippen LogP contribution >= 0.6 is 0 Å². The molecule has 0 atom stereocenters. The standard InChI is InChI=1S/C16H23N3O/c1-17-14(20)10-19-3-2-18-15(19)16-7-11-4-12(8-16)6-13(5-11)9-16/h2-3,11-13H,4-10H2,1H3,(H,17,20). The van der Waals surface area contributed by atoms with Crippen LogP contribution in [0.25, 0.3) is 0 Å². The maximum atomic E-state index is 11.7. The first kappa shape index (κ1) is 12.4. The van der Waals surface area contributed by atoms with E-state index in [1.54, 1.807) is 7.05 Å². The average molecular weight is 273 g/mol. The van der Waals surface area contributed by atoms with Gasteiger partial charge in [-0.25, -0.2) is 4.98 Å². The first-order chi connectivity index (χ1) is 9.68. The Labute approximate surface area is 120 Å². The van der Waals surface area contributed by atoms with Crippen LogP contribution in [0.1, 0.15) is 44.3 Å². The zero-order valence-corrected chi connectivity index (χ0v) is 12.1. The van der Waals surface area contributed by atoms with Gasteiger partial charge >= 0.3 is 0 Å². The molecule has 1 amide bonds. The number of carbonyl (C=O) groups excluding carboxylic acids is 1. The maximum Gasteiger partial charge on any atom is 0.239 e. The molecular weight excluding hydrogens is 250 g/mol. The van der Waals surface area contributed by atoms with Gasteiger partial charge < -0.3 is 9.88 Å². The lowest BCUT2D eigenvalue weighted by Gasteiger charge is -2.56. The van der Waals surface area contributed by atoms with Crippen LogP contribution in [0.3, 0.4) is 0 Å². The third-order valence-corrected chi connectivity index (χ3v) is 5.82. The predicted octanol–water partition coefficient (Wildman–Crippen LogP) is 2.10. The highest BCUT2D eigenvalue weighted by atomic mass is 16.1. The molecule has 4 nitrogen and oxygen atoms in total. The van der Waals surface area contributed by atoms with E-state index in [2.05, 4.69) is 14.9 Å². The van der Waals surface area contributed by atoms with E-state index in [-0.39, 0.29) is 11.3 Å². The molecule has 0 radical (unpaired) electrons. The van der Waals surface area contributed by atoms with E-state index in [0.717, 1.165) is 17.8 Å². The van der Waals surface area contributed by atoms with Crippen LogP contribution in [0.2, 0.25) is 0 Å². The SMILES string of the molecule is CNC(=O)Cn1ccnc1C12CC3CC(CC(C3)C1)C2. The molecule has 4 bridgehead atoms. The summed E-state index contributed by atoms with van der Waals surface area (Å²) >= 11 is 0. The summed E-state index contributed by atoms with van der Waals surface area (Å²) in [7, 11) is 1.70. The van der Waals surface area contributed by atoms with Crippen LogP contribution in [-0.2, 0) is 16.8 Å². The van der Waals surface area contributed by atoms with E-state index < -0.39 is 0 Å². The molecule has 0 unspecified atom stereocenters. The second-order valence-electron chi connectivity index (χ2n) is 7.25. The molecule has 1 aromatic heterocycles. The summed E-state index contributed by atoms with van der Waals surface area (Å²) in [5.41, 5.74) is 0.270. The van der Waals surface area contributed by atoms with E-state index in [1.165, 1.54) is 44.3 Å². The first-order valence-corrected chi connectivity index (χ1v) is 7.91. The van der Waals surface area contributed by atoms with Crippen LogP contribution in [0.5, 0.6) is 0 Å². The minimum Gasteiger partial charge on any atom is -0.358 e. The van der Waals surface area contributed by atoms with Crippen LogP contribution in [0.15, 0.2) is 12.4 Å². The molecule has 4 aliphatic carbocycles. The lowest BCUT2D eigenvalue weighted by Crippen LogP contribution is -2.50. The Morgan fingerprint density at radius 2 is 1.90 bits per heavy atom. The molecule has 0 saturated heterocycles. The van der Waals surface area contributed by atoms with Crippen molar-refractivity contribution in [1.29, 1.82) is 0 Å². The molecule has 4 aliphatic rings. The largest absolute Gasteiger partial charge is 0.358 e. The van der Waals surface area contributed by atoms with Crippen molar-refractivity contribution < 1.29 is 4.79 Å². The molecule has 4 fully saturated rings. The van der Waals surface area contributed by atoms with E-state index >= 15 is 0 Å². The summed E-state index contributed by atoms with van der Waals surface area (Å²) in [6.45, 7) is 0.410. The van der Waals surface area contributed by atoms with Gasteiger partial charge in [0.2, 0.25) is 5.91 Å². The minimum atomic E-state index is 0.0639. The van der Waals surface area contributed by atoms with E-state index in [9.17, 15) is 4.79 Å². The van der Waals surface area contributed by atoms with Gasteiger partial charge in [-0.2, -0.15) is 0 Å². The Bertz CT molecular complexity index is 498. The van der Waals surface area contributed by atoms with Gasteiger partial charge in [0.1, 0.15) is 12.4 Å². The highest BCUT2D eigenvalue weighted by Crippen LogP contribution is 2.60. The number of amides is 1. The Morgan fingerprint density at radius 1 is 1.30 bits per heavy atom. The number of nitrogens with zero attached hydrogens (tertiary/aromatic N) is 2. The van der Waals surface area contributed by atoms with Gasteiger partial charge in [-0.05, 0) is 56.3 Å². The van der Waals surface area contributed by atoms with Crippen LogP contribution in [-0.4, -0.2) is 22.5 Å². The molecule has 0 aromatic carbocycles. The molecule has 20 heavy (non-hydrogen) atoms. The summed E-state index contributed by atoms with van der Waals surface area (Å²) in [5, 5.41) is 2.72. The number of likely N-dealkylation sites (N-methyl/N-ethyl adjacent to an activating group) is 1. The molecule has 0 aliphatic heterocycles. The molecule has 1 aromatic rings. The average Bonchev–Trinajstić information content (AvgIpc) is 2.86. The van der Waals surface area contributed by atoms with E-state index in [1.807, 2.05) is 12.4 Å². The Balaban J connectivity index is 1.67. The molecule has 1 N–H and O–H groups in total. The highest BCUT2D eigenvalue weighted by molar-refractivity contribution is 5.75. The number of hydrogen-bond donors (Lipinski definition) is 1. The van der Waals surface area contributed by atoms with Gasteiger partial charge in [-0.1, -0.05) is 0 Å². The van der Waals surface area contributed by atoms with Gasteiger partial charge in [0.15, 0.2) is 0 Å². The number of carbonyl (C=O) groups is 1. The van der Waals surface area contributed by atoms with Gasteiger partial charge in [-0.3, -0.25) is 4.79 Å². The second kappa shape index (κ2) is 4.34.